The van der Waals surface area contributed by atoms with Crippen LogP contribution in [0, 0.1) is 0 Å². The molecular weight excluding hydrogens is 116 g/mol. The van der Waals surface area contributed by atoms with E-state index < -0.39 is 0 Å². The molecule has 0 radical (unpaired) electrons. The Morgan fingerprint density at radius 1 is 1.50 bits per heavy atom. The molecule has 8 heavy (non-hydrogen) atoms. The molecule has 0 saturated carbocycles. The standard InChI is InChI=1S/C7H11S/c1-8(2)7-5-3-4-6-7/h3-5H,6H2,1-2H3/q+1. The van der Waals surface area contributed by atoms with Gasteiger partial charge in [-0.1, -0.05) is 12.2 Å². The molecular formula is C7H11S+. The SMILES string of the molecule is C[S+](C)C1=CC=CC1. The number of hydrogen-bond donors (Lipinski definition) is 0. The van der Waals surface area contributed by atoms with E-state index in [-0.39, 0.29) is 0 Å². The van der Waals surface area contributed by atoms with Crippen LogP contribution in [0.2, 0.25) is 0 Å². The van der Waals surface area contributed by atoms with Crippen LogP contribution in [0.25, 0.3) is 0 Å². The van der Waals surface area contributed by atoms with Crippen molar-refractivity contribution >= 4 is 10.9 Å². The van der Waals surface area contributed by atoms with Crippen molar-refractivity contribution in [1.82, 2.24) is 0 Å². The highest BCUT2D eigenvalue weighted by Gasteiger charge is 2.11. The first kappa shape index (κ1) is 5.96. The van der Waals surface area contributed by atoms with Crippen molar-refractivity contribution in [2.45, 2.75) is 6.42 Å². The molecule has 0 aromatic rings. The van der Waals surface area contributed by atoms with Crippen LogP contribution in [0.5, 0.6) is 0 Å². The summed E-state index contributed by atoms with van der Waals surface area (Å²) in [5, 5.41) is 0. The Morgan fingerprint density at radius 2 is 2.25 bits per heavy atom. The topological polar surface area (TPSA) is 0 Å². The van der Waals surface area contributed by atoms with Gasteiger partial charge in [-0.05, 0) is 6.08 Å². The van der Waals surface area contributed by atoms with Gasteiger partial charge in [0, 0.05) is 17.3 Å². The molecule has 0 saturated heterocycles. The van der Waals surface area contributed by atoms with Crippen LogP contribution in [0.1, 0.15) is 6.42 Å². The zero-order valence-corrected chi connectivity index (χ0v) is 6.16. The van der Waals surface area contributed by atoms with Crippen molar-refractivity contribution < 1.29 is 0 Å². The first-order valence-corrected chi connectivity index (χ1v) is 4.78. The minimum atomic E-state index is 0.508. The zero-order valence-electron chi connectivity index (χ0n) is 5.35. The van der Waals surface area contributed by atoms with Crippen LogP contribution in [-0.4, -0.2) is 12.5 Å². The van der Waals surface area contributed by atoms with Gasteiger partial charge >= 0.3 is 0 Å². The molecule has 0 heterocycles. The maximum Gasteiger partial charge on any atom is 0.135 e. The van der Waals surface area contributed by atoms with Crippen molar-refractivity contribution in [3.63, 3.8) is 0 Å². The lowest BCUT2D eigenvalue weighted by Crippen LogP contribution is -1.95. The molecule has 0 N–H and O–H groups in total. The molecule has 0 fully saturated rings. The highest BCUT2D eigenvalue weighted by atomic mass is 32.2. The van der Waals surface area contributed by atoms with Gasteiger partial charge in [-0.3, -0.25) is 0 Å². The molecule has 0 amide bonds. The predicted molar refractivity (Wildman–Crippen MR) is 41.1 cm³/mol. The van der Waals surface area contributed by atoms with Gasteiger partial charge in [-0.25, -0.2) is 0 Å². The molecule has 1 aliphatic carbocycles. The first-order valence-electron chi connectivity index (χ1n) is 2.74. The van der Waals surface area contributed by atoms with E-state index in [2.05, 4.69) is 30.7 Å². The quantitative estimate of drug-likeness (QED) is 0.470. The summed E-state index contributed by atoms with van der Waals surface area (Å²) in [6.45, 7) is 0. The van der Waals surface area contributed by atoms with Crippen molar-refractivity contribution in [2.75, 3.05) is 12.5 Å². The summed E-state index contributed by atoms with van der Waals surface area (Å²) in [5.41, 5.74) is 0. The van der Waals surface area contributed by atoms with E-state index in [0.717, 1.165) is 0 Å². The van der Waals surface area contributed by atoms with E-state index in [4.69, 9.17) is 0 Å². The fourth-order valence-electron chi connectivity index (χ4n) is 0.730. The second-order valence-corrected chi connectivity index (χ2v) is 4.24. The molecule has 0 spiro atoms. The van der Waals surface area contributed by atoms with Crippen LogP contribution in [0.4, 0.5) is 0 Å². The van der Waals surface area contributed by atoms with Crippen LogP contribution < -0.4 is 0 Å². The second-order valence-electron chi connectivity index (χ2n) is 2.08. The largest absolute Gasteiger partial charge is 0.135 e. The van der Waals surface area contributed by atoms with Gasteiger partial charge in [0.05, 0.1) is 0 Å². The lowest BCUT2D eigenvalue weighted by Gasteiger charge is -1.91. The summed E-state index contributed by atoms with van der Waals surface area (Å²) >= 11 is 0. The fourth-order valence-corrected chi connectivity index (χ4v) is 1.51. The van der Waals surface area contributed by atoms with E-state index in [1.54, 1.807) is 4.91 Å². The second kappa shape index (κ2) is 2.40. The van der Waals surface area contributed by atoms with Gasteiger partial charge in [0.25, 0.3) is 0 Å². The smallest absolute Gasteiger partial charge is 0.0756 e. The summed E-state index contributed by atoms with van der Waals surface area (Å²) in [6.07, 6.45) is 12.3. The Bertz CT molecular complexity index is 131. The Labute approximate surface area is 53.6 Å². The normalized spacial score (nSPS) is 17.6. The van der Waals surface area contributed by atoms with Gasteiger partial charge in [-0.15, -0.1) is 0 Å². The summed E-state index contributed by atoms with van der Waals surface area (Å²) in [5.74, 6) is 0. The van der Waals surface area contributed by atoms with E-state index >= 15 is 0 Å². The minimum absolute atomic E-state index is 0.508. The molecule has 1 rings (SSSR count). The lowest BCUT2D eigenvalue weighted by molar-refractivity contribution is 1.41. The third-order valence-electron chi connectivity index (χ3n) is 1.26. The molecule has 0 aliphatic heterocycles. The number of rotatable bonds is 1. The zero-order chi connectivity index (χ0) is 5.98. The van der Waals surface area contributed by atoms with Gasteiger partial charge in [-0.2, -0.15) is 0 Å². The van der Waals surface area contributed by atoms with Crippen LogP contribution in [0.3, 0.4) is 0 Å². The molecule has 1 aliphatic rings. The maximum absolute atomic E-state index is 2.26. The maximum atomic E-state index is 2.26. The molecule has 44 valence electrons. The average molecular weight is 127 g/mol. The van der Waals surface area contributed by atoms with Crippen molar-refractivity contribution in [3.05, 3.63) is 23.1 Å². The van der Waals surface area contributed by atoms with E-state index in [9.17, 15) is 0 Å². The predicted octanol–water partition coefficient (Wildman–Crippen LogP) is 1.71. The third kappa shape index (κ3) is 1.16. The van der Waals surface area contributed by atoms with E-state index in [1.807, 2.05) is 0 Å². The molecule has 0 aromatic heterocycles. The Kier molecular flexibility index (Phi) is 1.79. The summed E-state index contributed by atoms with van der Waals surface area (Å²) in [4.78, 5) is 1.59. The molecule has 0 bridgehead atoms. The average Bonchev–Trinajstić information content (AvgIpc) is 2.12. The van der Waals surface area contributed by atoms with E-state index in [1.165, 1.54) is 6.42 Å². The van der Waals surface area contributed by atoms with Crippen LogP contribution >= 0.6 is 0 Å². The summed E-state index contributed by atoms with van der Waals surface area (Å²) in [7, 11) is 0.508. The third-order valence-corrected chi connectivity index (χ3v) is 2.61. The van der Waals surface area contributed by atoms with Gasteiger partial charge < -0.3 is 0 Å². The minimum Gasteiger partial charge on any atom is -0.0756 e. The Hall–Kier alpha value is -0.170. The van der Waals surface area contributed by atoms with Crippen LogP contribution in [0.15, 0.2) is 23.1 Å². The Balaban J connectivity index is 2.51. The highest BCUT2D eigenvalue weighted by molar-refractivity contribution is 7.99. The van der Waals surface area contributed by atoms with Crippen molar-refractivity contribution in [2.24, 2.45) is 0 Å². The van der Waals surface area contributed by atoms with Gasteiger partial charge in [0.1, 0.15) is 17.4 Å². The fraction of sp³-hybridized carbons (Fsp3) is 0.429. The van der Waals surface area contributed by atoms with Crippen molar-refractivity contribution in [3.8, 4) is 0 Å². The highest BCUT2D eigenvalue weighted by Crippen LogP contribution is 2.15. The molecule has 1 heteroatoms. The Morgan fingerprint density at radius 3 is 2.50 bits per heavy atom. The van der Waals surface area contributed by atoms with Gasteiger partial charge in [0.15, 0.2) is 0 Å². The molecule has 0 nitrogen and oxygen atoms in total. The molecule has 0 atom stereocenters. The van der Waals surface area contributed by atoms with Crippen LogP contribution in [-0.2, 0) is 10.9 Å². The summed E-state index contributed by atoms with van der Waals surface area (Å²) in [6, 6.07) is 0. The number of allylic oxidation sites excluding steroid dienone is 4. The molecule has 0 aromatic carbocycles. The molecule has 0 unspecified atom stereocenters. The lowest BCUT2D eigenvalue weighted by atomic mass is 10.5. The van der Waals surface area contributed by atoms with E-state index in [0.29, 0.717) is 10.9 Å². The monoisotopic (exact) mass is 127 g/mol. The number of hydrogen-bond acceptors (Lipinski definition) is 0. The first-order chi connectivity index (χ1) is 3.80. The van der Waals surface area contributed by atoms with Crippen molar-refractivity contribution in [1.29, 1.82) is 0 Å². The van der Waals surface area contributed by atoms with Gasteiger partial charge in [0.2, 0.25) is 0 Å². The summed E-state index contributed by atoms with van der Waals surface area (Å²) < 4.78 is 0.